The van der Waals surface area contributed by atoms with Crippen molar-refractivity contribution in [3.8, 4) is 11.5 Å². The van der Waals surface area contributed by atoms with Crippen molar-refractivity contribution < 1.29 is 45.9 Å². The molecule has 0 bridgehead atoms. The average molecular weight is 580 g/mol. The number of anilines is 1. The van der Waals surface area contributed by atoms with Gasteiger partial charge in [0.05, 0.1) is 0 Å². The van der Waals surface area contributed by atoms with Gasteiger partial charge in [-0.25, -0.2) is 13.8 Å². The summed E-state index contributed by atoms with van der Waals surface area (Å²) in [4.78, 5) is 39.1. The minimum atomic E-state index is -5.18. The van der Waals surface area contributed by atoms with E-state index in [9.17, 15) is 36.3 Å². The van der Waals surface area contributed by atoms with Gasteiger partial charge in [0.25, 0.3) is 5.91 Å². The number of benzene rings is 2. The first kappa shape index (κ1) is 29.7. The van der Waals surface area contributed by atoms with E-state index in [-0.39, 0.29) is 25.3 Å². The molecule has 41 heavy (non-hydrogen) atoms. The van der Waals surface area contributed by atoms with Crippen LogP contribution in [0, 0.1) is 17.6 Å². The summed E-state index contributed by atoms with van der Waals surface area (Å²) in [7, 11) is 0. The maximum atomic E-state index is 14.0. The Hall–Kier alpha value is -4.29. The smallest absolute Gasteiger partial charge is 0.452 e. The molecule has 1 fully saturated rings. The number of rotatable bonds is 9. The van der Waals surface area contributed by atoms with Gasteiger partial charge in [0.15, 0.2) is 5.69 Å². The second-order valence-electron chi connectivity index (χ2n) is 9.78. The van der Waals surface area contributed by atoms with Gasteiger partial charge in [0.2, 0.25) is 17.6 Å². The van der Waals surface area contributed by atoms with Crippen LogP contribution in [0.4, 0.5) is 27.6 Å². The molecule has 0 spiro atoms. The zero-order valence-electron chi connectivity index (χ0n) is 21.6. The molecule has 4 rings (SSSR count). The number of hydrogen-bond acceptors (Lipinski definition) is 5. The monoisotopic (exact) mass is 579 g/mol. The van der Waals surface area contributed by atoms with Gasteiger partial charge >= 0.3 is 12.1 Å². The number of nitrogens with one attached hydrogen (secondary N) is 2. The van der Waals surface area contributed by atoms with Crippen molar-refractivity contribution in [1.29, 1.82) is 0 Å². The number of nitrogens with zero attached hydrogens (tertiary/aromatic N) is 1. The van der Waals surface area contributed by atoms with E-state index in [4.69, 9.17) is 5.11 Å². The standard InChI is InChI=1S/C28H26F5N3O5/c29-19-2-1-3-20(30)23(19)27-36-24(25(41-27)28(31,32)33)26(40)34-13-12-21(37)35-18-10-8-17(9-11-18)16-6-4-15(5-7-16)14-22(38)39/h1-3,8-11,15-16H,4-7,12-14H2,(H,34,40)(H,35,37)(H,38,39)/t15-,16-. The fraction of sp³-hybridized carbons (Fsp3) is 0.357. The topological polar surface area (TPSA) is 122 Å². The highest BCUT2D eigenvalue weighted by Crippen LogP contribution is 2.38. The quantitative estimate of drug-likeness (QED) is 0.262. The zero-order valence-corrected chi connectivity index (χ0v) is 21.6. The third kappa shape index (κ3) is 7.47. The lowest BCUT2D eigenvalue weighted by atomic mass is 9.77. The van der Waals surface area contributed by atoms with Gasteiger partial charge in [-0.3, -0.25) is 14.4 Å². The minimum absolute atomic E-state index is 0.176. The maximum Gasteiger partial charge on any atom is 0.452 e. The van der Waals surface area contributed by atoms with Crippen molar-refractivity contribution in [2.24, 2.45) is 5.92 Å². The molecule has 0 saturated heterocycles. The molecule has 3 N–H and O–H groups in total. The van der Waals surface area contributed by atoms with E-state index >= 15 is 0 Å². The number of oxazole rings is 1. The summed E-state index contributed by atoms with van der Waals surface area (Å²) in [5, 5.41) is 13.7. The lowest BCUT2D eigenvalue weighted by Crippen LogP contribution is -2.29. The second kappa shape index (κ2) is 12.5. The molecule has 0 atom stereocenters. The van der Waals surface area contributed by atoms with Gasteiger partial charge < -0.3 is 20.2 Å². The van der Waals surface area contributed by atoms with E-state index < -0.39 is 58.5 Å². The van der Waals surface area contributed by atoms with Crippen molar-refractivity contribution in [3.63, 3.8) is 0 Å². The van der Waals surface area contributed by atoms with E-state index in [0.29, 0.717) is 11.6 Å². The Bertz CT molecular complexity index is 1390. The number of halogens is 5. The lowest BCUT2D eigenvalue weighted by molar-refractivity contribution is -0.153. The number of hydrogen-bond donors (Lipinski definition) is 3. The minimum Gasteiger partial charge on any atom is -0.481 e. The summed E-state index contributed by atoms with van der Waals surface area (Å²) in [6.07, 6.45) is -1.86. The van der Waals surface area contributed by atoms with Crippen LogP contribution in [0.1, 0.15) is 66.3 Å². The Morgan fingerprint density at radius 2 is 1.61 bits per heavy atom. The van der Waals surface area contributed by atoms with E-state index in [1.165, 1.54) is 0 Å². The molecule has 218 valence electrons. The maximum absolute atomic E-state index is 14.0. The summed E-state index contributed by atoms with van der Waals surface area (Å²) in [5.41, 5.74) is -0.611. The van der Waals surface area contributed by atoms with Crippen molar-refractivity contribution >= 4 is 23.5 Å². The van der Waals surface area contributed by atoms with Crippen LogP contribution in [-0.2, 0) is 15.8 Å². The molecular formula is C28H26F5N3O5. The van der Waals surface area contributed by atoms with Crippen molar-refractivity contribution in [2.45, 2.75) is 50.6 Å². The number of carbonyl (C=O) groups excluding carboxylic acids is 2. The van der Waals surface area contributed by atoms with Crippen LogP contribution in [-0.4, -0.2) is 34.4 Å². The highest BCUT2D eigenvalue weighted by Gasteiger charge is 2.42. The van der Waals surface area contributed by atoms with Gasteiger partial charge in [-0.15, -0.1) is 0 Å². The van der Waals surface area contributed by atoms with Crippen LogP contribution in [0.3, 0.4) is 0 Å². The molecule has 13 heteroatoms. The predicted molar refractivity (Wildman–Crippen MR) is 136 cm³/mol. The van der Waals surface area contributed by atoms with E-state index in [2.05, 4.69) is 20.0 Å². The van der Waals surface area contributed by atoms with E-state index in [0.717, 1.165) is 49.4 Å². The van der Waals surface area contributed by atoms with Gasteiger partial charge in [0, 0.05) is 25.1 Å². The number of aromatic nitrogens is 1. The fourth-order valence-electron chi connectivity index (χ4n) is 4.86. The van der Waals surface area contributed by atoms with Crippen LogP contribution < -0.4 is 10.6 Å². The number of amides is 2. The summed E-state index contributed by atoms with van der Waals surface area (Å²) in [6, 6.07) is 9.78. The Morgan fingerprint density at radius 1 is 0.976 bits per heavy atom. The van der Waals surface area contributed by atoms with Gasteiger partial charge in [-0.1, -0.05) is 18.2 Å². The van der Waals surface area contributed by atoms with Crippen LogP contribution >= 0.6 is 0 Å². The molecule has 1 aromatic heterocycles. The molecule has 2 aromatic carbocycles. The molecule has 0 unspecified atom stereocenters. The summed E-state index contributed by atoms with van der Waals surface area (Å²) in [5.74, 6) is -7.48. The third-order valence-electron chi connectivity index (χ3n) is 6.89. The second-order valence-corrected chi connectivity index (χ2v) is 9.78. The SMILES string of the molecule is O=C(O)C[C@H]1CC[C@H](c2ccc(NC(=O)CCNC(=O)c3nc(-c4c(F)cccc4F)oc3C(F)(F)F)cc2)CC1. The number of carboxylic acid groups (broad SMARTS) is 1. The number of alkyl halides is 3. The number of aliphatic carboxylic acids is 1. The molecule has 0 radical (unpaired) electrons. The van der Waals surface area contributed by atoms with Crippen LogP contribution in [0.5, 0.6) is 0 Å². The van der Waals surface area contributed by atoms with Crippen molar-refractivity contribution in [2.75, 3.05) is 11.9 Å². The summed E-state index contributed by atoms with van der Waals surface area (Å²) in [6.45, 7) is -0.351. The van der Waals surface area contributed by atoms with Gasteiger partial charge in [-0.2, -0.15) is 13.2 Å². The molecule has 1 saturated carbocycles. The van der Waals surface area contributed by atoms with Gasteiger partial charge in [-0.05, 0) is 67.3 Å². The molecule has 3 aromatic rings. The van der Waals surface area contributed by atoms with Crippen molar-refractivity contribution in [1.82, 2.24) is 10.3 Å². The highest BCUT2D eigenvalue weighted by atomic mass is 19.4. The van der Waals surface area contributed by atoms with Crippen LogP contribution in [0.2, 0.25) is 0 Å². The first-order valence-corrected chi connectivity index (χ1v) is 12.8. The van der Waals surface area contributed by atoms with Crippen LogP contribution in [0.25, 0.3) is 11.5 Å². The normalized spacial score (nSPS) is 17.2. The van der Waals surface area contributed by atoms with Crippen LogP contribution in [0.15, 0.2) is 46.9 Å². The Balaban J connectivity index is 1.31. The average Bonchev–Trinajstić information content (AvgIpc) is 3.35. The molecule has 8 nitrogen and oxygen atoms in total. The molecule has 0 aliphatic heterocycles. The number of carboxylic acids is 1. The Kier molecular flexibility index (Phi) is 9.04. The van der Waals surface area contributed by atoms with E-state index in [1.54, 1.807) is 12.1 Å². The molecular weight excluding hydrogens is 553 g/mol. The Labute approximate surface area is 231 Å². The van der Waals surface area contributed by atoms with Gasteiger partial charge in [0.1, 0.15) is 17.2 Å². The highest BCUT2D eigenvalue weighted by molar-refractivity contribution is 5.95. The zero-order chi connectivity index (χ0) is 29.7. The fourth-order valence-corrected chi connectivity index (χ4v) is 4.86. The first-order valence-electron chi connectivity index (χ1n) is 12.8. The van der Waals surface area contributed by atoms with E-state index in [1.807, 2.05) is 12.1 Å². The summed E-state index contributed by atoms with van der Waals surface area (Å²) >= 11 is 0. The third-order valence-corrected chi connectivity index (χ3v) is 6.89. The largest absolute Gasteiger partial charge is 0.481 e. The molecule has 1 aliphatic rings. The lowest BCUT2D eigenvalue weighted by Gasteiger charge is -2.28. The summed E-state index contributed by atoms with van der Waals surface area (Å²) < 4.78 is 73.0. The number of carbonyl (C=O) groups is 3. The first-order chi connectivity index (χ1) is 19.4. The molecule has 1 heterocycles. The van der Waals surface area contributed by atoms with Crippen molar-refractivity contribution in [3.05, 3.63) is 71.1 Å². The Morgan fingerprint density at radius 3 is 2.20 bits per heavy atom. The molecule has 2 amide bonds. The predicted octanol–water partition coefficient (Wildman–Crippen LogP) is 6.15. The molecule has 1 aliphatic carbocycles.